The van der Waals surface area contributed by atoms with Crippen LogP contribution in [0, 0.1) is 19.3 Å². The van der Waals surface area contributed by atoms with E-state index < -0.39 is 0 Å². The summed E-state index contributed by atoms with van der Waals surface area (Å²) in [5.74, 6) is 2.78. The summed E-state index contributed by atoms with van der Waals surface area (Å²) in [6.45, 7) is 2.06. The normalized spacial score (nSPS) is 10.2. The van der Waals surface area contributed by atoms with Gasteiger partial charge in [0.1, 0.15) is 12.4 Å². The second kappa shape index (κ2) is 7.65. The minimum absolute atomic E-state index is 0.181. The Morgan fingerprint density at radius 2 is 2.00 bits per heavy atom. The highest BCUT2D eigenvalue weighted by atomic mass is 16.5. The molecule has 0 saturated heterocycles. The third kappa shape index (κ3) is 3.97. The highest BCUT2D eigenvalue weighted by Gasteiger charge is 2.06. The maximum atomic E-state index is 12.0. The summed E-state index contributed by atoms with van der Waals surface area (Å²) in [6, 6.07) is 14.6. The lowest BCUT2D eigenvalue weighted by Crippen LogP contribution is -2.18. The average molecular weight is 292 g/mol. The van der Waals surface area contributed by atoms with E-state index in [-0.39, 0.29) is 12.5 Å². The average Bonchev–Trinajstić information content (AvgIpc) is 2.54. The van der Waals surface area contributed by atoms with Gasteiger partial charge in [-0.2, -0.15) is 5.10 Å². The molecule has 2 rings (SSSR count). The van der Waals surface area contributed by atoms with Crippen LogP contribution in [0.4, 0.5) is 0 Å². The summed E-state index contributed by atoms with van der Waals surface area (Å²) in [5, 5.41) is 3.97. The molecule has 0 aromatic heterocycles. The van der Waals surface area contributed by atoms with Crippen LogP contribution in [-0.4, -0.2) is 18.7 Å². The molecule has 0 fully saturated rings. The fourth-order valence-electron chi connectivity index (χ4n) is 1.89. The van der Waals surface area contributed by atoms with Crippen LogP contribution in [0.1, 0.15) is 21.5 Å². The fraction of sp³-hybridized carbons (Fsp3) is 0.111. The summed E-state index contributed by atoms with van der Waals surface area (Å²) in [4.78, 5) is 12.0. The highest BCUT2D eigenvalue weighted by molar-refractivity contribution is 5.96. The van der Waals surface area contributed by atoms with Crippen LogP contribution >= 0.6 is 0 Å². The van der Waals surface area contributed by atoms with Crippen molar-refractivity contribution in [2.24, 2.45) is 5.10 Å². The van der Waals surface area contributed by atoms with Crippen LogP contribution in [0.5, 0.6) is 5.75 Å². The van der Waals surface area contributed by atoms with Crippen LogP contribution in [0.15, 0.2) is 53.6 Å². The number of terminal acetylenes is 1. The standard InChI is InChI=1S/C18H16N2O2/c1-3-12-22-17-11-7-5-9-15(17)13-19-20-18(21)16-10-6-4-8-14(16)2/h1,4-11,13H,12H2,2H3,(H,20,21)/b19-13+. The molecular formula is C18H16N2O2. The predicted octanol–water partition coefficient (Wildman–Crippen LogP) is 2.77. The van der Waals surface area contributed by atoms with Gasteiger partial charge in [-0.05, 0) is 30.7 Å². The first-order valence-electron chi connectivity index (χ1n) is 6.76. The number of nitrogens with one attached hydrogen (secondary N) is 1. The van der Waals surface area contributed by atoms with Gasteiger partial charge in [-0.15, -0.1) is 6.42 Å². The molecule has 0 bridgehead atoms. The van der Waals surface area contributed by atoms with Crippen molar-refractivity contribution < 1.29 is 9.53 Å². The molecule has 0 aliphatic rings. The Bertz CT molecular complexity index is 730. The monoisotopic (exact) mass is 292 g/mol. The summed E-state index contributed by atoms with van der Waals surface area (Å²) in [7, 11) is 0. The Balaban J connectivity index is 2.06. The van der Waals surface area contributed by atoms with E-state index in [0.717, 1.165) is 11.1 Å². The molecule has 0 aliphatic heterocycles. The third-order valence-electron chi connectivity index (χ3n) is 2.99. The number of hydrogen-bond donors (Lipinski definition) is 1. The molecule has 2 aromatic rings. The fourth-order valence-corrected chi connectivity index (χ4v) is 1.89. The summed E-state index contributed by atoms with van der Waals surface area (Å²) >= 11 is 0. The number of hydrazone groups is 1. The van der Waals surface area contributed by atoms with Gasteiger partial charge in [-0.25, -0.2) is 5.43 Å². The minimum Gasteiger partial charge on any atom is -0.480 e. The Labute approximate surface area is 129 Å². The minimum atomic E-state index is -0.253. The summed E-state index contributed by atoms with van der Waals surface area (Å²) in [6.07, 6.45) is 6.71. The Hall–Kier alpha value is -3.06. The van der Waals surface area contributed by atoms with Crippen LogP contribution in [0.25, 0.3) is 0 Å². The zero-order valence-corrected chi connectivity index (χ0v) is 12.2. The van der Waals surface area contributed by atoms with E-state index in [0.29, 0.717) is 11.3 Å². The van der Waals surface area contributed by atoms with Crippen LogP contribution in [-0.2, 0) is 0 Å². The van der Waals surface area contributed by atoms with Crippen molar-refractivity contribution in [2.75, 3.05) is 6.61 Å². The van der Waals surface area contributed by atoms with Gasteiger partial charge in [0.15, 0.2) is 0 Å². The van der Waals surface area contributed by atoms with Crippen molar-refractivity contribution in [1.29, 1.82) is 0 Å². The molecule has 4 nitrogen and oxygen atoms in total. The Morgan fingerprint density at radius 1 is 1.27 bits per heavy atom. The number of carbonyl (C=O) groups is 1. The molecule has 0 saturated carbocycles. The molecule has 1 amide bonds. The molecule has 4 heteroatoms. The predicted molar refractivity (Wildman–Crippen MR) is 87.0 cm³/mol. The van der Waals surface area contributed by atoms with Gasteiger partial charge in [0, 0.05) is 11.1 Å². The zero-order valence-electron chi connectivity index (χ0n) is 12.2. The van der Waals surface area contributed by atoms with E-state index in [1.54, 1.807) is 12.1 Å². The summed E-state index contributed by atoms with van der Waals surface area (Å²) in [5.41, 5.74) is 4.74. The number of amides is 1. The van der Waals surface area contributed by atoms with Crippen molar-refractivity contribution in [2.45, 2.75) is 6.92 Å². The SMILES string of the molecule is C#CCOc1ccccc1/C=N/NC(=O)c1ccccc1C. The Kier molecular flexibility index (Phi) is 5.33. The Morgan fingerprint density at radius 3 is 2.77 bits per heavy atom. The number of nitrogens with zero attached hydrogens (tertiary/aromatic N) is 1. The number of para-hydroxylation sites is 1. The second-order valence-electron chi connectivity index (χ2n) is 4.54. The van der Waals surface area contributed by atoms with Crippen molar-refractivity contribution in [3.05, 3.63) is 65.2 Å². The largest absolute Gasteiger partial charge is 0.480 e. The van der Waals surface area contributed by atoms with Gasteiger partial charge >= 0.3 is 0 Å². The molecule has 0 aliphatic carbocycles. The zero-order chi connectivity index (χ0) is 15.8. The number of aryl methyl sites for hydroxylation is 1. The first-order valence-corrected chi connectivity index (χ1v) is 6.76. The summed E-state index contributed by atoms with van der Waals surface area (Å²) < 4.78 is 5.41. The molecule has 1 N–H and O–H groups in total. The molecular weight excluding hydrogens is 276 g/mol. The molecule has 0 spiro atoms. The third-order valence-corrected chi connectivity index (χ3v) is 2.99. The van der Waals surface area contributed by atoms with Gasteiger partial charge in [-0.3, -0.25) is 4.79 Å². The van der Waals surface area contributed by atoms with Crippen molar-refractivity contribution in [1.82, 2.24) is 5.43 Å². The second-order valence-corrected chi connectivity index (χ2v) is 4.54. The maximum absolute atomic E-state index is 12.0. The van der Waals surface area contributed by atoms with Crippen molar-refractivity contribution >= 4 is 12.1 Å². The molecule has 0 unspecified atom stereocenters. The maximum Gasteiger partial charge on any atom is 0.271 e. The lowest BCUT2D eigenvalue weighted by Gasteiger charge is -2.06. The molecule has 0 radical (unpaired) electrons. The first kappa shape index (κ1) is 15.3. The van der Waals surface area contributed by atoms with E-state index in [9.17, 15) is 4.79 Å². The van der Waals surface area contributed by atoms with Gasteiger partial charge in [0.05, 0.1) is 6.21 Å². The van der Waals surface area contributed by atoms with Gasteiger partial charge in [0.25, 0.3) is 5.91 Å². The molecule has 0 heterocycles. The van der Waals surface area contributed by atoms with Gasteiger partial charge in [0.2, 0.25) is 0 Å². The van der Waals surface area contributed by atoms with Gasteiger partial charge < -0.3 is 4.74 Å². The highest BCUT2D eigenvalue weighted by Crippen LogP contribution is 2.15. The lowest BCUT2D eigenvalue weighted by atomic mass is 10.1. The smallest absolute Gasteiger partial charge is 0.271 e. The number of rotatable bonds is 5. The topological polar surface area (TPSA) is 50.7 Å². The van der Waals surface area contributed by atoms with Gasteiger partial charge in [-0.1, -0.05) is 36.3 Å². The van der Waals surface area contributed by atoms with Crippen LogP contribution in [0.2, 0.25) is 0 Å². The molecule has 110 valence electrons. The lowest BCUT2D eigenvalue weighted by molar-refractivity contribution is 0.0954. The molecule has 0 atom stereocenters. The number of carbonyl (C=O) groups excluding carboxylic acids is 1. The van der Waals surface area contributed by atoms with E-state index in [1.165, 1.54) is 6.21 Å². The molecule has 22 heavy (non-hydrogen) atoms. The number of benzene rings is 2. The van der Waals surface area contributed by atoms with E-state index >= 15 is 0 Å². The number of hydrogen-bond acceptors (Lipinski definition) is 3. The first-order chi connectivity index (χ1) is 10.7. The van der Waals surface area contributed by atoms with Crippen molar-refractivity contribution in [3.8, 4) is 18.1 Å². The molecule has 2 aromatic carbocycles. The number of ether oxygens (including phenoxy) is 1. The quantitative estimate of drug-likeness (QED) is 0.523. The van der Waals surface area contributed by atoms with Crippen molar-refractivity contribution in [3.63, 3.8) is 0 Å². The van der Waals surface area contributed by atoms with Crippen LogP contribution in [0.3, 0.4) is 0 Å². The van der Waals surface area contributed by atoms with E-state index in [4.69, 9.17) is 11.2 Å². The van der Waals surface area contributed by atoms with Crippen LogP contribution < -0.4 is 10.2 Å². The van der Waals surface area contributed by atoms with E-state index in [1.807, 2.05) is 43.3 Å². The van der Waals surface area contributed by atoms with E-state index in [2.05, 4.69) is 16.4 Å².